The Morgan fingerprint density at radius 3 is 2.71 bits per heavy atom. The Balaban J connectivity index is 2.00. The first kappa shape index (κ1) is 16.4. The molecule has 0 spiro atoms. The molecular formula is C16H16N2O5S. The standard InChI is InChI=1S/C16H16N2O5S/c1-18-12-7-8-13(24(22,23)17-9-3-6-14(19)20)10-4-2-5-11(15(10)12)16(18)21/h2,4-5,7-8,17H,3,6,9H2,1H3,(H,19,20). The molecule has 0 aromatic heterocycles. The lowest BCUT2D eigenvalue weighted by atomic mass is 10.1. The van der Waals surface area contributed by atoms with Crippen molar-refractivity contribution in [3.63, 3.8) is 0 Å². The maximum absolute atomic E-state index is 12.5. The van der Waals surface area contributed by atoms with Gasteiger partial charge in [0.2, 0.25) is 10.0 Å². The molecule has 1 aliphatic heterocycles. The van der Waals surface area contributed by atoms with Crippen molar-refractivity contribution in [2.24, 2.45) is 0 Å². The fraction of sp³-hybridized carbons (Fsp3) is 0.250. The fourth-order valence-electron chi connectivity index (χ4n) is 2.87. The zero-order valence-electron chi connectivity index (χ0n) is 12.9. The summed E-state index contributed by atoms with van der Waals surface area (Å²) in [6, 6.07) is 8.08. The van der Waals surface area contributed by atoms with Gasteiger partial charge in [-0.05, 0) is 24.6 Å². The van der Waals surface area contributed by atoms with Crippen molar-refractivity contribution in [3.05, 3.63) is 35.9 Å². The van der Waals surface area contributed by atoms with Crippen LogP contribution in [-0.2, 0) is 14.8 Å². The summed E-state index contributed by atoms with van der Waals surface area (Å²) in [5.41, 5.74) is 1.16. The molecule has 0 fully saturated rings. The lowest BCUT2D eigenvalue weighted by Gasteiger charge is -2.12. The van der Waals surface area contributed by atoms with E-state index >= 15 is 0 Å². The van der Waals surface area contributed by atoms with Crippen molar-refractivity contribution in [1.82, 2.24) is 4.72 Å². The van der Waals surface area contributed by atoms with Gasteiger partial charge >= 0.3 is 5.97 Å². The first-order valence-electron chi connectivity index (χ1n) is 7.38. The largest absolute Gasteiger partial charge is 0.481 e. The normalized spacial score (nSPS) is 13.7. The van der Waals surface area contributed by atoms with E-state index < -0.39 is 16.0 Å². The van der Waals surface area contributed by atoms with Gasteiger partial charge < -0.3 is 10.0 Å². The fourth-order valence-corrected chi connectivity index (χ4v) is 4.14. The zero-order valence-corrected chi connectivity index (χ0v) is 13.8. The van der Waals surface area contributed by atoms with Crippen molar-refractivity contribution in [2.45, 2.75) is 17.7 Å². The Kier molecular flexibility index (Phi) is 4.02. The molecule has 0 bridgehead atoms. The molecule has 0 saturated heterocycles. The van der Waals surface area contributed by atoms with E-state index in [1.807, 2.05) is 0 Å². The number of hydrogen-bond acceptors (Lipinski definition) is 4. The van der Waals surface area contributed by atoms with Crippen LogP contribution in [0.2, 0.25) is 0 Å². The van der Waals surface area contributed by atoms with E-state index in [-0.39, 0.29) is 30.2 Å². The van der Waals surface area contributed by atoms with Crippen LogP contribution in [0.3, 0.4) is 0 Å². The number of amides is 1. The average molecular weight is 348 g/mol. The van der Waals surface area contributed by atoms with Crippen LogP contribution in [-0.4, -0.2) is 39.0 Å². The van der Waals surface area contributed by atoms with E-state index in [9.17, 15) is 18.0 Å². The van der Waals surface area contributed by atoms with Crippen LogP contribution in [0.1, 0.15) is 23.2 Å². The molecule has 1 heterocycles. The maximum atomic E-state index is 12.5. The van der Waals surface area contributed by atoms with Gasteiger partial charge in [-0.2, -0.15) is 0 Å². The number of nitrogens with zero attached hydrogens (tertiary/aromatic N) is 1. The van der Waals surface area contributed by atoms with E-state index in [1.54, 1.807) is 31.3 Å². The van der Waals surface area contributed by atoms with Crippen LogP contribution >= 0.6 is 0 Å². The van der Waals surface area contributed by atoms with Crippen LogP contribution in [0.4, 0.5) is 5.69 Å². The number of carbonyl (C=O) groups is 2. The summed E-state index contributed by atoms with van der Waals surface area (Å²) in [5.74, 6) is -1.14. The quantitative estimate of drug-likeness (QED) is 0.771. The number of carboxylic acid groups (broad SMARTS) is 1. The summed E-state index contributed by atoms with van der Waals surface area (Å²) < 4.78 is 27.5. The third kappa shape index (κ3) is 2.63. The number of sulfonamides is 1. The molecule has 2 N–H and O–H groups in total. The van der Waals surface area contributed by atoms with Gasteiger partial charge in [0.15, 0.2) is 0 Å². The molecule has 3 rings (SSSR count). The molecule has 8 heteroatoms. The second-order valence-electron chi connectivity index (χ2n) is 5.57. The molecule has 0 unspecified atom stereocenters. The topological polar surface area (TPSA) is 104 Å². The highest BCUT2D eigenvalue weighted by molar-refractivity contribution is 7.89. The number of hydrogen-bond donors (Lipinski definition) is 2. The van der Waals surface area contributed by atoms with Gasteiger partial charge in [-0.1, -0.05) is 12.1 Å². The number of anilines is 1. The minimum atomic E-state index is -3.80. The van der Waals surface area contributed by atoms with Crippen molar-refractivity contribution in [2.75, 3.05) is 18.5 Å². The van der Waals surface area contributed by atoms with E-state index in [0.717, 1.165) is 0 Å². The maximum Gasteiger partial charge on any atom is 0.303 e. The van der Waals surface area contributed by atoms with Crippen molar-refractivity contribution >= 4 is 38.4 Å². The molecular weight excluding hydrogens is 332 g/mol. The van der Waals surface area contributed by atoms with Crippen LogP contribution in [0.15, 0.2) is 35.2 Å². The third-order valence-electron chi connectivity index (χ3n) is 4.02. The predicted molar refractivity (Wildman–Crippen MR) is 88.7 cm³/mol. The highest BCUT2D eigenvalue weighted by Gasteiger charge is 2.29. The molecule has 0 radical (unpaired) electrons. The highest BCUT2D eigenvalue weighted by Crippen LogP contribution is 2.39. The summed E-state index contributed by atoms with van der Waals surface area (Å²) in [6.07, 6.45) is 0.0999. The number of aliphatic carboxylic acids is 1. The van der Waals surface area contributed by atoms with Crippen LogP contribution in [0, 0.1) is 0 Å². The van der Waals surface area contributed by atoms with Crippen molar-refractivity contribution < 1.29 is 23.1 Å². The molecule has 126 valence electrons. The van der Waals surface area contributed by atoms with Gasteiger partial charge in [-0.3, -0.25) is 9.59 Å². The molecule has 7 nitrogen and oxygen atoms in total. The summed E-state index contributed by atoms with van der Waals surface area (Å²) in [4.78, 5) is 24.3. The summed E-state index contributed by atoms with van der Waals surface area (Å²) in [6.45, 7) is 0.0381. The Hall–Kier alpha value is -2.45. The summed E-state index contributed by atoms with van der Waals surface area (Å²) in [7, 11) is -2.15. The molecule has 2 aromatic rings. The lowest BCUT2D eigenvalue weighted by molar-refractivity contribution is -0.137. The molecule has 2 aromatic carbocycles. The van der Waals surface area contributed by atoms with E-state index in [4.69, 9.17) is 5.11 Å². The minimum absolute atomic E-state index is 0.0381. The Morgan fingerprint density at radius 2 is 2.00 bits per heavy atom. The van der Waals surface area contributed by atoms with Gasteiger partial charge in [-0.25, -0.2) is 13.1 Å². The van der Waals surface area contributed by atoms with Gasteiger partial charge in [0.05, 0.1) is 10.6 Å². The van der Waals surface area contributed by atoms with Gasteiger partial charge in [0.25, 0.3) is 5.91 Å². The third-order valence-corrected chi connectivity index (χ3v) is 5.54. The van der Waals surface area contributed by atoms with Crippen LogP contribution < -0.4 is 9.62 Å². The summed E-state index contributed by atoms with van der Waals surface area (Å²) in [5, 5.41) is 9.71. The molecule has 24 heavy (non-hydrogen) atoms. The number of rotatable bonds is 6. The lowest BCUT2D eigenvalue weighted by Crippen LogP contribution is -2.25. The smallest absolute Gasteiger partial charge is 0.303 e. The van der Waals surface area contributed by atoms with Crippen LogP contribution in [0.25, 0.3) is 10.8 Å². The van der Waals surface area contributed by atoms with Gasteiger partial charge in [-0.15, -0.1) is 0 Å². The van der Waals surface area contributed by atoms with Crippen molar-refractivity contribution in [1.29, 1.82) is 0 Å². The first-order chi connectivity index (χ1) is 11.3. The molecule has 0 saturated carbocycles. The van der Waals surface area contributed by atoms with E-state index in [0.29, 0.717) is 22.0 Å². The number of benzene rings is 2. The Labute approximate surface area is 138 Å². The molecule has 1 aliphatic rings. The molecule has 0 atom stereocenters. The monoisotopic (exact) mass is 348 g/mol. The Morgan fingerprint density at radius 1 is 1.25 bits per heavy atom. The zero-order chi connectivity index (χ0) is 17.5. The van der Waals surface area contributed by atoms with Crippen molar-refractivity contribution in [3.8, 4) is 0 Å². The second kappa shape index (κ2) is 5.88. The number of carboxylic acids is 1. The van der Waals surface area contributed by atoms with Crippen LogP contribution in [0.5, 0.6) is 0 Å². The van der Waals surface area contributed by atoms with E-state index in [2.05, 4.69) is 4.72 Å². The first-order valence-corrected chi connectivity index (χ1v) is 8.86. The number of nitrogens with one attached hydrogen (secondary N) is 1. The van der Waals surface area contributed by atoms with Gasteiger partial charge in [0, 0.05) is 36.3 Å². The average Bonchev–Trinajstić information content (AvgIpc) is 2.79. The molecule has 1 amide bonds. The minimum Gasteiger partial charge on any atom is -0.481 e. The Bertz CT molecular complexity index is 952. The second-order valence-corrected chi connectivity index (χ2v) is 7.31. The predicted octanol–water partition coefficient (Wildman–Crippen LogP) is 1.57. The molecule has 0 aliphatic carbocycles. The SMILES string of the molecule is CN1C(=O)c2cccc3c(S(=O)(=O)NCCCC(=O)O)ccc1c23. The van der Waals surface area contributed by atoms with Gasteiger partial charge in [0.1, 0.15) is 0 Å². The highest BCUT2D eigenvalue weighted by atomic mass is 32.2. The summed E-state index contributed by atoms with van der Waals surface area (Å²) >= 11 is 0. The van der Waals surface area contributed by atoms with E-state index in [1.165, 1.54) is 11.0 Å². The number of carbonyl (C=O) groups excluding carboxylic acids is 1.